The Balaban J connectivity index is 1.83. The summed E-state index contributed by atoms with van der Waals surface area (Å²) in [5, 5.41) is 10.3. The molecule has 1 aliphatic heterocycles. The number of nitrogens with zero attached hydrogens (tertiary/aromatic N) is 1. The molecular formula is C16H25NO2. The molecular weight excluding hydrogens is 238 g/mol. The standard InChI is InChI=1S/C16H25NO2/c1-13(2)11-17-10-6-9-15(17)16(18)12-19-14-7-4-3-5-8-14/h3-5,7-8,13,15-16,18H,6,9-12H2,1-2H3/t15-,16?/m1/s1. The molecule has 0 radical (unpaired) electrons. The summed E-state index contributed by atoms with van der Waals surface area (Å²) in [6, 6.07) is 9.96. The zero-order valence-electron chi connectivity index (χ0n) is 12.0. The van der Waals surface area contributed by atoms with Crippen molar-refractivity contribution in [1.29, 1.82) is 0 Å². The van der Waals surface area contributed by atoms with E-state index in [9.17, 15) is 5.11 Å². The molecule has 19 heavy (non-hydrogen) atoms. The summed E-state index contributed by atoms with van der Waals surface area (Å²) < 4.78 is 5.66. The quantitative estimate of drug-likeness (QED) is 0.856. The van der Waals surface area contributed by atoms with Crippen LogP contribution < -0.4 is 4.74 Å². The molecule has 1 unspecified atom stereocenters. The van der Waals surface area contributed by atoms with Crippen molar-refractivity contribution in [2.75, 3.05) is 19.7 Å². The summed E-state index contributed by atoms with van der Waals surface area (Å²) in [5.41, 5.74) is 0. The van der Waals surface area contributed by atoms with Crippen molar-refractivity contribution in [2.45, 2.75) is 38.8 Å². The summed E-state index contributed by atoms with van der Waals surface area (Å²) >= 11 is 0. The van der Waals surface area contributed by atoms with Crippen molar-refractivity contribution in [2.24, 2.45) is 5.92 Å². The topological polar surface area (TPSA) is 32.7 Å². The number of likely N-dealkylation sites (tertiary alicyclic amines) is 1. The molecule has 1 aliphatic rings. The zero-order chi connectivity index (χ0) is 13.7. The smallest absolute Gasteiger partial charge is 0.119 e. The van der Waals surface area contributed by atoms with Gasteiger partial charge in [-0.2, -0.15) is 0 Å². The minimum absolute atomic E-state index is 0.256. The van der Waals surface area contributed by atoms with E-state index in [2.05, 4.69) is 18.7 Å². The first-order chi connectivity index (χ1) is 9.16. The van der Waals surface area contributed by atoms with Gasteiger partial charge in [0.1, 0.15) is 18.5 Å². The van der Waals surface area contributed by atoms with Gasteiger partial charge in [-0.15, -0.1) is 0 Å². The molecule has 0 aliphatic carbocycles. The van der Waals surface area contributed by atoms with Gasteiger partial charge in [0.15, 0.2) is 0 Å². The fourth-order valence-electron chi connectivity index (χ4n) is 2.79. The van der Waals surface area contributed by atoms with Gasteiger partial charge in [-0.3, -0.25) is 4.90 Å². The fraction of sp³-hybridized carbons (Fsp3) is 0.625. The number of ether oxygens (including phenoxy) is 1. The van der Waals surface area contributed by atoms with Crippen LogP contribution in [-0.2, 0) is 0 Å². The first kappa shape index (κ1) is 14.4. The molecule has 2 atom stereocenters. The van der Waals surface area contributed by atoms with Crippen molar-refractivity contribution in [3.8, 4) is 5.75 Å². The van der Waals surface area contributed by atoms with E-state index in [0.29, 0.717) is 12.5 Å². The van der Waals surface area contributed by atoms with E-state index in [4.69, 9.17) is 4.74 Å². The molecule has 1 aromatic rings. The summed E-state index contributed by atoms with van der Waals surface area (Å²) in [4.78, 5) is 2.41. The number of hydrogen-bond donors (Lipinski definition) is 1. The Kier molecular flexibility index (Phi) is 5.23. The van der Waals surface area contributed by atoms with Crippen LogP contribution in [0, 0.1) is 5.92 Å². The number of hydrogen-bond acceptors (Lipinski definition) is 3. The largest absolute Gasteiger partial charge is 0.491 e. The highest BCUT2D eigenvalue weighted by Gasteiger charge is 2.31. The molecule has 2 rings (SSSR count). The lowest BCUT2D eigenvalue weighted by Crippen LogP contribution is -2.43. The Bertz CT molecular complexity index is 366. The average Bonchev–Trinajstić information content (AvgIpc) is 2.84. The maximum atomic E-state index is 10.3. The van der Waals surface area contributed by atoms with E-state index >= 15 is 0 Å². The molecule has 0 bridgehead atoms. The van der Waals surface area contributed by atoms with Crippen LogP contribution in [0.3, 0.4) is 0 Å². The van der Waals surface area contributed by atoms with E-state index in [-0.39, 0.29) is 6.04 Å². The van der Waals surface area contributed by atoms with Gasteiger partial charge < -0.3 is 9.84 Å². The first-order valence-electron chi connectivity index (χ1n) is 7.27. The predicted octanol–water partition coefficient (Wildman–Crippen LogP) is 2.55. The summed E-state index contributed by atoms with van der Waals surface area (Å²) in [6.07, 6.45) is 1.85. The molecule has 1 N–H and O–H groups in total. The molecule has 3 nitrogen and oxygen atoms in total. The molecule has 1 heterocycles. The third-order valence-electron chi connectivity index (χ3n) is 3.62. The van der Waals surface area contributed by atoms with Crippen molar-refractivity contribution in [3.05, 3.63) is 30.3 Å². The van der Waals surface area contributed by atoms with Crippen LogP contribution in [-0.4, -0.2) is 41.8 Å². The third-order valence-corrected chi connectivity index (χ3v) is 3.62. The normalized spacial score (nSPS) is 21.8. The van der Waals surface area contributed by atoms with Crippen LogP contribution in [0.15, 0.2) is 30.3 Å². The number of para-hydroxylation sites is 1. The number of benzene rings is 1. The third kappa shape index (κ3) is 4.22. The SMILES string of the molecule is CC(C)CN1CCC[C@@H]1C(O)COc1ccccc1. The van der Waals surface area contributed by atoms with Gasteiger partial charge in [0.25, 0.3) is 0 Å². The van der Waals surface area contributed by atoms with Crippen LogP contribution in [0.4, 0.5) is 0 Å². The molecule has 0 amide bonds. The maximum absolute atomic E-state index is 10.3. The molecule has 0 saturated carbocycles. The highest BCUT2D eigenvalue weighted by Crippen LogP contribution is 2.22. The van der Waals surface area contributed by atoms with Gasteiger partial charge in [-0.1, -0.05) is 32.0 Å². The van der Waals surface area contributed by atoms with Crippen molar-refractivity contribution in [3.63, 3.8) is 0 Å². The average molecular weight is 263 g/mol. The van der Waals surface area contributed by atoms with Gasteiger partial charge in [0, 0.05) is 12.6 Å². The van der Waals surface area contributed by atoms with Gasteiger partial charge in [-0.25, -0.2) is 0 Å². The van der Waals surface area contributed by atoms with E-state index in [0.717, 1.165) is 25.3 Å². The van der Waals surface area contributed by atoms with Crippen LogP contribution >= 0.6 is 0 Å². The van der Waals surface area contributed by atoms with E-state index in [1.807, 2.05) is 30.3 Å². The van der Waals surface area contributed by atoms with Gasteiger partial charge in [-0.05, 0) is 37.4 Å². The Morgan fingerprint density at radius 3 is 2.74 bits per heavy atom. The number of aliphatic hydroxyl groups is 1. The lowest BCUT2D eigenvalue weighted by molar-refractivity contribution is 0.0318. The summed E-state index contributed by atoms with van der Waals surface area (Å²) in [6.45, 7) is 6.99. The van der Waals surface area contributed by atoms with Crippen molar-refractivity contribution < 1.29 is 9.84 Å². The van der Waals surface area contributed by atoms with Gasteiger partial charge >= 0.3 is 0 Å². The van der Waals surface area contributed by atoms with E-state index in [1.54, 1.807) is 0 Å². The van der Waals surface area contributed by atoms with Crippen LogP contribution in [0.25, 0.3) is 0 Å². The highest BCUT2D eigenvalue weighted by molar-refractivity contribution is 5.20. The second-order valence-electron chi connectivity index (χ2n) is 5.79. The lowest BCUT2D eigenvalue weighted by Gasteiger charge is -2.29. The molecule has 1 fully saturated rings. The molecule has 1 saturated heterocycles. The summed E-state index contributed by atoms with van der Waals surface area (Å²) in [7, 11) is 0. The zero-order valence-corrected chi connectivity index (χ0v) is 12.0. The second kappa shape index (κ2) is 6.92. The van der Waals surface area contributed by atoms with Crippen molar-refractivity contribution >= 4 is 0 Å². The molecule has 1 aromatic carbocycles. The molecule has 0 spiro atoms. The Morgan fingerprint density at radius 1 is 1.32 bits per heavy atom. The van der Waals surface area contributed by atoms with E-state index < -0.39 is 6.10 Å². The Labute approximate surface area is 116 Å². The highest BCUT2D eigenvalue weighted by atomic mass is 16.5. The van der Waals surface area contributed by atoms with Crippen LogP contribution in [0.1, 0.15) is 26.7 Å². The predicted molar refractivity (Wildman–Crippen MR) is 77.4 cm³/mol. The van der Waals surface area contributed by atoms with Crippen LogP contribution in [0.5, 0.6) is 5.75 Å². The fourth-order valence-corrected chi connectivity index (χ4v) is 2.79. The Morgan fingerprint density at radius 2 is 2.05 bits per heavy atom. The lowest BCUT2D eigenvalue weighted by atomic mass is 10.1. The van der Waals surface area contributed by atoms with E-state index in [1.165, 1.54) is 6.42 Å². The van der Waals surface area contributed by atoms with Crippen LogP contribution in [0.2, 0.25) is 0 Å². The molecule has 0 aromatic heterocycles. The number of aliphatic hydroxyl groups excluding tert-OH is 1. The molecule has 106 valence electrons. The summed E-state index contributed by atoms with van der Waals surface area (Å²) in [5.74, 6) is 1.47. The number of rotatable bonds is 6. The first-order valence-corrected chi connectivity index (χ1v) is 7.27. The molecule has 3 heteroatoms. The monoisotopic (exact) mass is 263 g/mol. The van der Waals surface area contributed by atoms with Gasteiger partial charge in [0.2, 0.25) is 0 Å². The Hall–Kier alpha value is -1.06. The van der Waals surface area contributed by atoms with Crippen molar-refractivity contribution in [1.82, 2.24) is 4.90 Å². The van der Waals surface area contributed by atoms with Gasteiger partial charge in [0.05, 0.1) is 0 Å². The minimum Gasteiger partial charge on any atom is -0.491 e. The minimum atomic E-state index is -0.401. The second-order valence-corrected chi connectivity index (χ2v) is 5.79. The maximum Gasteiger partial charge on any atom is 0.119 e.